The van der Waals surface area contributed by atoms with E-state index in [0.29, 0.717) is 10.8 Å². The number of rotatable bonds is 8. The van der Waals surface area contributed by atoms with Crippen LogP contribution in [0.1, 0.15) is 13.8 Å². The van der Waals surface area contributed by atoms with E-state index < -0.39 is 16.4 Å². The number of benzene rings is 4. The Morgan fingerprint density at radius 1 is 0.625 bits per heavy atom. The van der Waals surface area contributed by atoms with Crippen molar-refractivity contribution in [2.45, 2.75) is 19.9 Å². The molecule has 0 saturated heterocycles. The molecule has 0 aliphatic carbocycles. The molecule has 4 aromatic carbocycles. The molecule has 0 fully saturated rings. The number of hydrogen-bond donors (Lipinski definition) is 0. The van der Waals surface area contributed by atoms with Gasteiger partial charge in [0.15, 0.2) is 0 Å². The number of hydrogen-bond acceptors (Lipinski definition) is 2. The van der Waals surface area contributed by atoms with Crippen LogP contribution in [0, 0.1) is 0 Å². The molecule has 0 bridgehead atoms. The van der Waals surface area contributed by atoms with Gasteiger partial charge < -0.3 is 4.52 Å². The first-order chi connectivity index (χ1) is 15.6. The maximum absolute atomic E-state index is 6.75. The smallest absolute Gasteiger partial charge is 0.201 e. The predicted octanol–water partition coefficient (Wildman–Crippen LogP) is 7.11. The quantitative estimate of drug-likeness (QED) is 0.251. The van der Waals surface area contributed by atoms with Crippen molar-refractivity contribution in [3.05, 3.63) is 120 Å². The fourth-order valence-electron chi connectivity index (χ4n) is 3.43. The van der Waals surface area contributed by atoms with E-state index in [-0.39, 0.29) is 6.04 Å². The van der Waals surface area contributed by atoms with Crippen molar-refractivity contribution in [3.8, 4) is 5.75 Å². The number of halogens is 1. The van der Waals surface area contributed by atoms with Crippen molar-refractivity contribution in [1.29, 1.82) is 0 Å². The van der Waals surface area contributed by atoms with Gasteiger partial charge in [-0.05, 0) is 48.7 Å². The first-order valence-corrected chi connectivity index (χ1v) is 13.5. The van der Waals surface area contributed by atoms with Crippen LogP contribution in [0.4, 0.5) is 0 Å². The molecule has 4 aromatic rings. The molecule has 0 radical (unpaired) electrons. The molecule has 0 aromatic heterocycles. The topological polar surface area (TPSA) is 12.5 Å². The third-order valence-corrected chi connectivity index (χ3v) is 10.6. The number of nitrogens with zero attached hydrogens (tertiary/aromatic N) is 1. The Morgan fingerprint density at radius 2 is 1.06 bits per heavy atom. The van der Waals surface area contributed by atoms with E-state index in [1.807, 2.05) is 30.3 Å². The molecule has 2 nitrogen and oxygen atoms in total. The maximum atomic E-state index is 6.75. The van der Waals surface area contributed by atoms with Gasteiger partial charge in [0.25, 0.3) is 0 Å². The summed E-state index contributed by atoms with van der Waals surface area (Å²) in [4.78, 5) is 0. The molecular formula is C27H26ClNOP2. The lowest BCUT2D eigenvalue weighted by atomic mass is 10.3. The molecule has 0 heterocycles. The zero-order chi connectivity index (χ0) is 22.3. The van der Waals surface area contributed by atoms with E-state index >= 15 is 0 Å². The summed E-state index contributed by atoms with van der Waals surface area (Å²) in [5.74, 6) is 0.714. The van der Waals surface area contributed by atoms with Crippen LogP contribution in [-0.2, 0) is 0 Å². The van der Waals surface area contributed by atoms with Crippen LogP contribution in [0.15, 0.2) is 115 Å². The van der Waals surface area contributed by atoms with Gasteiger partial charge in [-0.2, -0.15) is 0 Å². The van der Waals surface area contributed by atoms with E-state index in [1.54, 1.807) is 0 Å². The second-order valence-electron chi connectivity index (χ2n) is 7.53. The fraction of sp³-hybridized carbons (Fsp3) is 0.111. The summed E-state index contributed by atoms with van der Waals surface area (Å²) < 4.78 is 9.30. The van der Waals surface area contributed by atoms with Gasteiger partial charge in [0, 0.05) is 19.4 Å². The lowest BCUT2D eigenvalue weighted by molar-refractivity contribution is 0.509. The minimum atomic E-state index is -1.16. The highest BCUT2D eigenvalue weighted by atomic mass is 35.5. The molecule has 1 unspecified atom stereocenters. The van der Waals surface area contributed by atoms with Crippen molar-refractivity contribution in [1.82, 2.24) is 4.44 Å². The summed E-state index contributed by atoms with van der Waals surface area (Å²) in [6.45, 7) is 4.49. The van der Waals surface area contributed by atoms with Gasteiger partial charge >= 0.3 is 0 Å². The van der Waals surface area contributed by atoms with E-state index in [4.69, 9.17) is 16.1 Å². The Labute approximate surface area is 198 Å². The van der Waals surface area contributed by atoms with Crippen LogP contribution < -0.4 is 20.4 Å². The normalized spacial score (nSPS) is 12.3. The van der Waals surface area contributed by atoms with Crippen LogP contribution >= 0.6 is 28.0 Å². The minimum absolute atomic E-state index is 0.246. The van der Waals surface area contributed by atoms with Gasteiger partial charge in [0.1, 0.15) is 5.75 Å². The average Bonchev–Trinajstić information content (AvgIpc) is 2.84. The predicted molar refractivity (Wildman–Crippen MR) is 141 cm³/mol. The lowest BCUT2D eigenvalue weighted by Gasteiger charge is -2.40. The summed E-state index contributed by atoms with van der Waals surface area (Å²) in [6.07, 6.45) is 0. The first-order valence-electron chi connectivity index (χ1n) is 10.6. The standard InChI is InChI=1S/C27H26ClNOP2/c1-22(2)29(31(23-14-6-3-7-15-23)24-16-8-4-9-17-24)32(25-18-10-5-11-19-25)30-27-21-13-12-20-26(27)28/h3-22H,1-2H3. The highest BCUT2D eigenvalue weighted by Crippen LogP contribution is 2.57. The first kappa shape index (κ1) is 23.0. The molecular weight excluding hydrogens is 452 g/mol. The van der Waals surface area contributed by atoms with Crippen LogP contribution in [-0.4, -0.2) is 10.5 Å². The molecule has 4 rings (SSSR count). The van der Waals surface area contributed by atoms with Crippen molar-refractivity contribution in [2.24, 2.45) is 0 Å². The van der Waals surface area contributed by atoms with Gasteiger partial charge in [0.05, 0.1) is 5.02 Å². The largest absolute Gasteiger partial charge is 0.452 e. The summed E-state index contributed by atoms with van der Waals surface area (Å²) >= 11 is 6.53. The molecule has 0 N–H and O–H groups in total. The van der Waals surface area contributed by atoms with E-state index in [2.05, 4.69) is 103 Å². The molecule has 32 heavy (non-hydrogen) atoms. The molecule has 162 valence electrons. The van der Waals surface area contributed by atoms with Gasteiger partial charge in [-0.25, -0.2) is 4.44 Å². The van der Waals surface area contributed by atoms with Crippen LogP contribution in [0.3, 0.4) is 0 Å². The molecule has 5 heteroatoms. The third-order valence-electron chi connectivity index (χ3n) is 4.85. The molecule has 0 amide bonds. The summed E-state index contributed by atoms with van der Waals surface area (Å²) in [5, 5.41) is 4.39. The van der Waals surface area contributed by atoms with Crippen molar-refractivity contribution < 1.29 is 4.52 Å². The number of para-hydroxylation sites is 1. The maximum Gasteiger partial charge on any atom is 0.201 e. The monoisotopic (exact) mass is 477 g/mol. The molecule has 0 aliphatic rings. The second kappa shape index (κ2) is 11.1. The minimum Gasteiger partial charge on any atom is -0.452 e. The Kier molecular flexibility index (Phi) is 7.95. The third kappa shape index (κ3) is 5.40. The zero-order valence-electron chi connectivity index (χ0n) is 18.2. The zero-order valence-corrected chi connectivity index (χ0v) is 20.7. The Bertz CT molecular complexity index is 1070. The Balaban J connectivity index is 1.87. The van der Waals surface area contributed by atoms with E-state index in [1.165, 1.54) is 10.6 Å². The highest BCUT2D eigenvalue weighted by Gasteiger charge is 2.35. The molecule has 0 aliphatic heterocycles. The summed E-state index contributed by atoms with van der Waals surface area (Å²) in [5.41, 5.74) is 0. The van der Waals surface area contributed by atoms with Gasteiger partial charge in [0.2, 0.25) is 8.30 Å². The summed E-state index contributed by atoms with van der Waals surface area (Å²) in [7, 11) is -1.99. The molecule has 0 saturated carbocycles. The summed E-state index contributed by atoms with van der Waals surface area (Å²) in [6, 6.07) is 40.0. The second-order valence-corrected chi connectivity index (χ2v) is 12.0. The van der Waals surface area contributed by atoms with Crippen LogP contribution in [0.2, 0.25) is 5.02 Å². The van der Waals surface area contributed by atoms with Gasteiger partial charge in [-0.1, -0.05) is 103 Å². The lowest BCUT2D eigenvalue weighted by Crippen LogP contribution is -2.34. The van der Waals surface area contributed by atoms with E-state index in [9.17, 15) is 0 Å². The van der Waals surface area contributed by atoms with E-state index in [0.717, 1.165) is 5.30 Å². The highest BCUT2D eigenvalue weighted by molar-refractivity contribution is 7.80. The van der Waals surface area contributed by atoms with Gasteiger partial charge in [-0.15, -0.1) is 0 Å². The van der Waals surface area contributed by atoms with Crippen molar-refractivity contribution in [2.75, 3.05) is 0 Å². The van der Waals surface area contributed by atoms with Crippen molar-refractivity contribution in [3.63, 3.8) is 0 Å². The Hall–Kier alpha value is -2.21. The van der Waals surface area contributed by atoms with Crippen LogP contribution in [0.5, 0.6) is 5.75 Å². The SMILES string of the molecule is CC(C)N(P(Oc1ccccc1Cl)c1ccccc1)P(c1ccccc1)c1ccccc1. The molecule has 1 atom stereocenters. The molecule has 0 spiro atoms. The van der Waals surface area contributed by atoms with Crippen molar-refractivity contribution >= 4 is 43.9 Å². The fourth-order valence-corrected chi connectivity index (χ4v) is 9.10. The Morgan fingerprint density at radius 3 is 1.53 bits per heavy atom. The van der Waals surface area contributed by atoms with Crippen LogP contribution in [0.25, 0.3) is 0 Å². The average molecular weight is 478 g/mol. The van der Waals surface area contributed by atoms with Gasteiger partial charge in [-0.3, -0.25) is 0 Å².